The van der Waals surface area contributed by atoms with Crippen LogP contribution in [0.3, 0.4) is 0 Å². The van der Waals surface area contributed by atoms with Crippen LogP contribution in [0, 0.1) is 5.92 Å². The number of hydrogen-bond acceptors (Lipinski definition) is 5. The minimum atomic E-state index is -0.545. The van der Waals surface area contributed by atoms with Crippen molar-refractivity contribution in [2.24, 2.45) is 5.92 Å². The standard InChI is InChI=1S/C13H21ClN4O3/c1-8(2)6-15-12(20)9(3)17-10-7-16-18(4-5-19)13(21)11(10)14/h7-9,17,19H,4-6H2,1-3H3,(H,15,20). The van der Waals surface area contributed by atoms with Gasteiger partial charge in [0.05, 0.1) is 25.0 Å². The first-order chi connectivity index (χ1) is 9.86. The number of nitrogens with zero attached hydrogens (tertiary/aromatic N) is 2. The topological polar surface area (TPSA) is 96.2 Å². The molecule has 8 heteroatoms. The normalized spacial score (nSPS) is 12.3. The second-order valence-corrected chi connectivity index (χ2v) is 5.51. The van der Waals surface area contributed by atoms with E-state index in [1.165, 1.54) is 6.20 Å². The minimum Gasteiger partial charge on any atom is -0.394 e. The molecule has 0 aromatic carbocycles. The quantitative estimate of drug-likeness (QED) is 0.679. The first-order valence-corrected chi connectivity index (χ1v) is 7.15. The number of carbonyl (C=O) groups excluding carboxylic acids is 1. The van der Waals surface area contributed by atoms with Gasteiger partial charge in [-0.3, -0.25) is 9.59 Å². The minimum absolute atomic E-state index is 0.0537. The summed E-state index contributed by atoms with van der Waals surface area (Å²) >= 11 is 5.96. The summed E-state index contributed by atoms with van der Waals surface area (Å²) in [6, 6.07) is -0.545. The maximum Gasteiger partial charge on any atom is 0.287 e. The third kappa shape index (κ3) is 5.02. The van der Waals surface area contributed by atoms with Gasteiger partial charge in [0.15, 0.2) is 0 Å². The molecule has 1 heterocycles. The number of anilines is 1. The van der Waals surface area contributed by atoms with Crippen molar-refractivity contribution in [3.63, 3.8) is 0 Å². The summed E-state index contributed by atoms with van der Waals surface area (Å²) in [6.07, 6.45) is 1.37. The van der Waals surface area contributed by atoms with Crippen molar-refractivity contribution in [3.05, 3.63) is 21.6 Å². The highest BCUT2D eigenvalue weighted by molar-refractivity contribution is 6.33. The van der Waals surface area contributed by atoms with Crippen LogP contribution < -0.4 is 16.2 Å². The van der Waals surface area contributed by atoms with Crippen LogP contribution in [0.25, 0.3) is 0 Å². The summed E-state index contributed by atoms with van der Waals surface area (Å²) in [7, 11) is 0. The predicted molar refractivity (Wildman–Crippen MR) is 81.5 cm³/mol. The van der Waals surface area contributed by atoms with Crippen LogP contribution in [0.5, 0.6) is 0 Å². The molecule has 0 aliphatic rings. The molecule has 0 fully saturated rings. The summed E-state index contributed by atoms with van der Waals surface area (Å²) in [5.74, 6) is 0.174. The summed E-state index contributed by atoms with van der Waals surface area (Å²) < 4.78 is 1.07. The van der Waals surface area contributed by atoms with E-state index < -0.39 is 11.6 Å². The van der Waals surface area contributed by atoms with Crippen LogP contribution in [-0.2, 0) is 11.3 Å². The van der Waals surface area contributed by atoms with E-state index in [1.807, 2.05) is 13.8 Å². The van der Waals surface area contributed by atoms with Crippen molar-refractivity contribution in [1.82, 2.24) is 15.1 Å². The molecule has 0 radical (unpaired) electrons. The lowest BCUT2D eigenvalue weighted by Crippen LogP contribution is -2.39. The molecule has 0 aliphatic carbocycles. The lowest BCUT2D eigenvalue weighted by molar-refractivity contribution is -0.121. The highest BCUT2D eigenvalue weighted by Crippen LogP contribution is 2.16. The van der Waals surface area contributed by atoms with E-state index in [4.69, 9.17) is 16.7 Å². The van der Waals surface area contributed by atoms with Gasteiger partial charge in [0.1, 0.15) is 11.1 Å². The van der Waals surface area contributed by atoms with Crippen LogP contribution >= 0.6 is 11.6 Å². The molecule has 7 nitrogen and oxygen atoms in total. The van der Waals surface area contributed by atoms with E-state index in [0.29, 0.717) is 18.2 Å². The number of aliphatic hydroxyl groups is 1. The fraction of sp³-hybridized carbons (Fsp3) is 0.615. The Kier molecular flexibility index (Phi) is 6.64. The molecule has 0 spiro atoms. The van der Waals surface area contributed by atoms with Crippen LogP contribution in [-0.4, -0.2) is 40.0 Å². The van der Waals surface area contributed by atoms with Crippen molar-refractivity contribution in [2.75, 3.05) is 18.5 Å². The van der Waals surface area contributed by atoms with Gasteiger partial charge in [-0.15, -0.1) is 0 Å². The molecule has 1 unspecified atom stereocenters. The molecule has 3 N–H and O–H groups in total. The number of nitrogens with one attached hydrogen (secondary N) is 2. The Morgan fingerprint density at radius 1 is 1.48 bits per heavy atom. The van der Waals surface area contributed by atoms with Gasteiger partial charge < -0.3 is 15.7 Å². The summed E-state index contributed by atoms with van der Waals surface area (Å²) in [5, 5.41) is 18.3. The van der Waals surface area contributed by atoms with E-state index in [0.717, 1.165) is 4.68 Å². The Morgan fingerprint density at radius 2 is 2.14 bits per heavy atom. The summed E-state index contributed by atoms with van der Waals surface area (Å²) in [4.78, 5) is 23.7. The molecule has 0 bridgehead atoms. The zero-order valence-electron chi connectivity index (χ0n) is 12.4. The van der Waals surface area contributed by atoms with E-state index in [9.17, 15) is 9.59 Å². The van der Waals surface area contributed by atoms with Crippen molar-refractivity contribution in [2.45, 2.75) is 33.4 Å². The highest BCUT2D eigenvalue weighted by atomic mass is 35.5. The van der Waals surface area contributed by atoms with Gasteiger partial charge in [0, 0.05) is 6.54 Å². The fourth-order valence-electron chi connectivity index (χ4n) is 1.58. The third-order valence-electron chi connectivity index (χ3n) is 2.75. The average molecular weight is 317 g/mol. The van der Waals surface area contributed by atoms with E-state index in [2.05, 4.69) is 15.7 Å². The first kappa shape index (κ1) is 17.5. The molecular weight excluding hydrogens is 296 g/mol. The number of halogens is 1. The van der Waals surface area contributed by atoms with Crippen molar-refractivity contribution < 1.29 is 9.90 Å². The Balaban J connectivity index is 2.77. The molecule has 0 saturated heterocycles. The van der Waals surface area contributed by atoms with Crippen molar-refractivity contribution in [3.8, 4) is 0 Å². The molecule has 0 aliphatic heterocycles. The van der Waals surface area contributed by atoms with Crippen LogP contribution in [0.4, 0.5) is 5.69 Å². The number of aliphatic hydroxyl groups excluding tert-OH is 1. The third-order valence-corrected chi connectivity index (χ3v) is 3.11. The summed E-state index contributed by atoms with van der Waals surface area (Å²) in [6.45, 7) is 6.12. The SMILES string of the molecule is CC(C)CNC(=O)C(C)Nc1cnn(CCO)c(=O)c1Cl. The maximum absolute atomic E-state index is 11.9. The van der Waals surface area contributed by atoms with Gasteiger partial charge in [-0.25, -0.2) is 4.68 Å². The van der Waals surface area contributed by atoms with Gasteiger partial charge in [-0.1, -0.05) is 25.4 Å². The zero-order chi connectivity index (χ0) is 16.0. The number of aromatic nitrogens is 2. The molecule has 1 amide bonds. The number of amides is 1. The van der Waals surface area contributed by atoms with Gasteiger partial charge in [-0.2, -0.15) is 5.10 Å². The van der Waals surface area contributed by atoms with Gasteiger partial charge in [0.25, 0.3) is 5.56 Å². The monoisotopic (exact) mass is 316 g/mol. The lowest BCUT2D eigenvalue weighted by atomic mass is 10.2. The Hall–Kier alpha value is -1.60. The van der Waals surface area contributed by atoms with E-state index in [-0.39, 0.29) is 24.1 Å². The largest absolute Gasteiger partial charge is 0.394 e. The number of carbonyl (C=O) groups is 1. The Bertz CT molecular complexity index is 545. The van der Waals surface area contributed by atoms with Gasteiger partial charge in [-0.05, 0) is 12.8 Å². The summed E-state index contributed by atoms with van der Waals surface area (Å²) in [5.41, 5.74) is -0.214. The molecule has 1 rings (SSSR count). The lowest BCUT2D eigenvalue weighted by Gasteiger charge is -2.17. The second kappa shape index (κ2) is 7.99. The predicted octanol–water partition coefficient (Wildman–Crippen LogP) is 0.462. The Morgan fingerprint density at radius 3 is 2.71 bits per heavy atom. The number of rotatable bonds is 7. The van der Waals surface area contributed by atoms with Crippen molar-refractivity contribution >= 4 is 23.2 Å². The fourth-order valence-corrected chi connectivity index (χ4v) is 1.78. The van der Waals surface area contributed by atoms with E-state index in [1.54, 1.807) is 6.92 Å². The number of hydrogen-bond donors (Lipinski definition) is 3. The molecular formula is C13H21ClN4O3. The molecule has 1 atom stereocenters. The van der Waals surface area contributed by atoms with Crippen LogP contribution in [0.2, 0.25) is 5.02 Å². The highest BCUT2D eigenvalue weighted by Gasteiger charge is 2.16. The smallest absolute Gasteiger partial charge is 0.287 e. The zero-order valence-corrected chi connectivity index (χ0v) is 13.1. The maximum atomic E-state index is 11.9. The molecule has 1 aromatic rings. The first-order valence-electron chi connectivity index (χ1n) is 6.77. The molecule has 21 heavy (non-hydrogen) atoms. The van der Waals surface area contributed by atoms with Gasteiger partial charge >= 0.3 is 0 Å². The second-order valence-electron chi connectivity index (χ2n) is 5.13. The Labute approximate surface area is 128 Å². The molecule has 1 aromatic heterocycles. The van der Waals surface area contributed by atoms with Crippen LogP contribution in [0.15, 0.2) is 11.0 Å². The molecule has 0 saturated carbocycles. The van der Waals surface area contributed by atoms with Crippen molar-refractivity contribution in [1.29, 1.82) is 0 Å². The van der Waals surface area contributed by atoms with Gasteiger partial charge in [0.2, 0.25) is 5.91 Å². The van der Waals surface area contributed by atoms with Crippen LogP contribution in [0.1, 0.15) is 20.8 Å². The average Bonchev–Trinajstić information content (AvgIpc) is 2.44. The molecule has 118 valence electrons. The van der Waals surface area contributed by atoms with E-state index >= 15 is 0 Å².